The van der Waals surface area contributed by atoms with E-state index in [9.17, 15) is 9.59 Å². The first-order valence-electron chi connectivity index (χ1n) is 9.76. The summed E-state index contributed by atoms with van der Waals surface area (Å²) in [5.41, 5.74) is 3.21. The number of fused-ring (bicyclic) bond motifs is 2. The molecule has 1 aliphatic heterocycles. The van der Waals surface area contributed by atoms with Crippen LogP contribution in [0.2, 0.25) is 10.0 Å². The average Bonchev–Trinajstić information content (AvgIpc) is 3.13. The van der Waals surface area contributed by atoms with Gasteiger partial charge in [0.05, 0.1) is 26.8 Å². The summed E-state index contributed by atoms with van der Waals surface area (Å²) < 4.78 is 7.15. The highest BCUT2D eigenvalue weighted by atomic mass is 35.5. The van der Waals surface area contributed by atoms with Crippen LogP contribution < -0.4 is 15.4 Å². The lowest BCUT2D eigenvalue weighted by molar-refractivity contribution is -0.118. The van der Waals surface area contributed by atoms with Crippen LogP contribution in [0.3, 0.4) is 0 Å². The number of imidazole rings is 1. The van der Waals surface area contributed by atoms with Crippen molar-refractivity contribution in [2.24, 2.45) is 0 Å². The van der Waals surface area contributed by atoms with Crippen LogP contribution in [0.15, 0.2) is 60.7 Å². The van der Waals surface area contributed by atoms with Crippen molar-refractivity contribution >= 4 is 57.4 Å². The summed E-state index contributed by atoms with van der Waals surface area (Å²) >= 11 is 12.6. The molecule has 160 valence electrons. The predicted octanol–water partition coefficient (Wildman–Crippen LogP) is 4.98. The Bertz CT molecular complexity index is 1380. The number of halogens is 2. The molecule has 0 saturated heterocycles. The molecule has 0 fully saturated rings. The minimum atomic E-state index is -0.268. The largest absolute Gasteiger partial charge is 0.482 e. The first kappa shape index (κ1) is 20.4. The van der Waals surface area contributed by atoms with E-state index in [0.29, 0.717) is 38.6 Å². The highest BCUT2D eigenvalue weighted by molar-refractivity contribution is 6.43. The van der Waals surface area contributed by atoms with Crippen molar-refractivity contribution < 1.29 is 14.3 Å². The molecule has 0 aliphatic carbocycles. The Morgan fingerprint density at radius 3 is 2.84 bits per heavy atom. The zero-order chi connectivity index (χ0) is 22.2. The van der Waals surface area contributed by atoms with Crippen LogP contribution in [-0.2, 0) is 16.1 Å². The number of carbonyl (C=O) groups is 2. The molecule has 0 spiro atoms. The lowest BCUT2D eigenvalue weighted by Gasteiger charge is -2.18. The van der Waals surface area contributed by atoms with E-state index in [1.165, 1.54) is 0 Å². The topological polar surface area (TPSA) is 85.3 Å². The number of amides is 2. The Morgan fingerprint density at radius 1 is 1.12 bits per heavy atom. The third-order valence-electron chi connectivity index (χ3n) is 5.04. The van der Waals surface area contributed by atoms with Gasteiger partial charge in [-0.05, 0) is 42.5 Å². The molecular weight excluding hydrogens is 451 g/mol. The number of ether oxygens (including phenoxy) is 1. The minimum Gasteiger partial charge on any atom is -0.482 e. The van der Waals surface area contributed by atoms with Crippen molar-refractivity contribution in [3.05, 3.63) is 70.7 Å². The van der Waals surface area contributed by atoms with Gasteiger partial charge in [-0.3, -0.25) is 9.59 Å². The van der Waals surface area contributed by atoms with E-state index in [2.05, 4.69) is 15.6 Å². The Balaban J connectivity index is 1.47. The maximum Gasteiger partial charge on any atom is 0.262 e. The molecule has 2 heterocycles. The summed E-state index contributed by atoms with van der Waals surface area (Å²) in [7, 11) is 0. The van der Waals surface area contributed by atoms with Gasteiger partial charge in [0.15, 0.2) is 6.61 Å². The zero-order valence-electron chi connectivity index (χ0n) is 16.6. The second kappa shape index (κ2) is 8.18. The van der Waals surface area contributed by atoms with Crippen LogP contribution in [0.25, 0.3) is 22.4 Å². The molecule has 1 aromatic heterocycles. The Labute approximate surface area is 192 Å². The van der Waals surface area contributed by atoms with Gasteiger partial charge in [-0.15, -0.1) is 0 Å². The van der Waals surface area contributed by atoms with Gasteiger partial charge in [0, 0.05) is 11.3 Å². The molecule has 32 heavy (non-hydrogen) atoms. The summed E-state index contributed by atoms with van der Waals surface area (Å²) in [6.45, 7) is -0.0279. The number of nitrogens with zero attached hydrogens (tertiary/aromatic N) is 2. The van der Waals surface area contributed by atoms with Crippen LogP contribution in [-0.4, -0.2) is 28.0 Å². The van der Waals surface area contributed by atoms with Gasteiger partial charge in [-0.2, -0.15) is 0 Å². The summed E-state index contributed by atoms with van der Waals surface area (Å²) in [6.07, 6.45) is 0. The first-order valence-corrected chi connectivity index (χ1v) is 10.5. The SMILES string of the molecule is O=C(Cn1c(-c2cccc(Cl)c2Cl)nc2ccccc21)Nc1ccc2c(c1)NC(=O)CO2. The highest BCUT2D eigenvalue weighted by Gasteiger charge is 2.20. The van der Waals surface area contributed by atoms with E-state index in [1.54, 1.807) is 34.9 Å². The third-order valence-corrected chi connectivity index (χ3v) is 5.86. The van der Waals surface area contributed by atoms with E-state index >= 15 is 0 Å². The van der Waals surface area contributed by atoms with Crippen LogP contribution in [0.1, 0.15) is 0 Å². The lowest BCUT2D eigenvalue weighted by Crippen LogP contribution is -2.25. The minimum absolute atomic E-state index is 0.00136. The zero-order valence-corrected chi connectivity index (χ0v) is 18.1. The molecule has 0 atom stereocenters. The van der Waals surface area contributed by atoms with Crippen molar-refractivity contribution in [1.29, 1.82) is 0 Å². The Hall–Kier alpha value is -3.55. The van der Waals surface area contributed by atoms with Crippen molar-refractivity contribution in [2.75, 3.05) is 17.2 Å². The van der Waals surface area contributed by atoms with Crippen molar-refractivity contribution in [2.45, 2.75) is 6.54 Å². The van der Waals surface area contributed by atoms with Crippen molar-refractivity contribution in [3.8, 4) is 17.1 Å². The number of hydrogen-bond donors (Lipinski definition) is 2. The quantitative estimate of drug-likeness (QED) is 0.444. The molecule has 1 aliphatic rings. The molecule has 4 aromatic rings. The molecule has 0 radical (unpaired) electrons. The first-order chi connectivity index (χ1) is 15.5. The fourth-order valence-corrected chi connectivity index (χ4v) is 4.01. The monoisotopic (exact) mass is 466 g/mol. The summed E-state index contributed by atoms with van der Waals surface area (Å²) in [5.74, 6) is 0.588. The number of anilines is 2. The van der Waals surface area contributed by atoms with Crippen LogP contribution in [0.5, 0.6) is 5.75 Å². The molecule has 0 unspecified atom stereocenters. The second-order valence-corrected chi connectivity index (χ2v) is 7.99. The molecule has 5 rings (SSSR count). The van der Waals surface area contributed by atoms with Crippen LogP contribution >= 0.6 is 23.2 Å². The highest BCUT2D eigenvalue weighted by Crippen LogP contribution is 2.35. The van der Waals surface area contributed by atoms with Crippen LogP contribution in [0.4, 0.5) is 11.4 Å². The number of para-hydroxylation sites is 2. The Kier molecular flexibility index (Phi) is 5.20. The molecule has 7 nitrogen and oxygen atoms in total. The van der Waals surface area contributed by atoms with E-state index in [1.807, 2.05) is 30.3 Å². The molecule has 0 saturated carbocycles. The van der Waals surface area contributed by atoms with E-state index in [-0.39, 0.29) is 25.0 Å². The van der Waals surface area contributed by atoms with Gasteiger partial charge in [-0.25, -0.2) is 4.98 Å². The standard InChI is InChI=1S/C23H16Cl2N4O3/c24-15-5-3-4-14(22(15)25)23-28-16-6-1-2-7-18(16)29(23)11-20(30)26-13-8-9-19-17(10-13)27-21(31)12-32-19/h1-10H,11-12H2,(H,26,30)(H,27,31). The fraction of sp³-hybridized carbons (Fsp3) is 0.0870. The smallest absolute Gasteiger partial charge is 0.262 e. The fourth-order valence-electron chi connectivity index (χ4n) is 3.62. The van der Waals surface area contributed by atoms with Gasteiger partial charge in [0.25, 0.3) is 5.91 Å². The molecular formula is C23H16Cl2N4O3. The number of benzene rings is 3. The van der Waals surface area contributed by atoms with Gasteiger partial charge in [0.1, 0.15) is 18.1 Å². The van der Waals surface area contributed by atoms with Gasteiger partial charge in [-0.1, -0.05) is 41.4 Å². The number of aromatic nitrogens is 2. The van der Waals surface area contributed by atoms with Crippen LogP contribution in [0, 0.1) is 0 Å². The molecule has 3 aromatic carbocycles. The van der Waals surface area contributed by atoms with Crippen molar-refractivity contribution in [3.63, 3.8) is 0 Å². The molecule has 0 bridgehead atoms. The molecule has 9 heteroatoms. The summed E-state index contributed by atoms with van der Waals surface area (Å²) in [4.78, 5) is 29.2. The number of rotatable bonds is 4. The van der Waals surface area contributed by atoms with Crippen molar-refractivity contribution in [1.82, 2.24) is 9.55 Å². The maximum atomic E-state index is 13.0. The van der Waals surface area contributed by atoms with Gasteiger partial charge in [0.2, 0.25) is 5.91 Å². The third kappa shape index (κ3) is 3.77. The average molecular weight is 467 g/mol. The normalized spacial score (nSPS) is 12.8. The second-order valence-electron chi connectivity index (χ2n) is 7.21. The molecule has 2 amide bonds. The van der Waals surface area contributed by atoms with Gasteiger partial charge < -0.3 is 19.9 Å². The van der Waals surface area contributed by atoms with E-state index < -0.39 is 0 Å². The van der Waals surface area contributed by atoms with E-state index in [4.69, 9.17) is 27.9 Å². The summed E-state index contributed by atoms with van der Waals surface area (Å²) in [6, 6.07) is 17.9. The summed E-state index contributed by atoms with van der Waals surface area (Å²) in [5, 5.41) is 6.37. The number of hydrogen-bond acceptors (Lipinski definition) is 4. The number of carbonyl (C=O) groups excluding carboxylic acids is 2. The predicted molar refractivity (Wildman–Crippen MR) is 124 cm³/mol. The lowest BCUT2D eigenvalue weighted by atomic mass is 10.2. The number of nitrogens with one attached hydrogen (secondary N) is 2. The van der Waals surface area contributed by atoms with E-state index in [0.717, 1.165) is 11.0 Å². The molecule has 2 N–H and O–H groups in total. The Morgan fingerprint density at radius 2 is 1.97 bits per heavy atom. The van der Waals surface area contributed by atoms with Gasteiger partial charge >= 0.3 is 0 Å². The maximum absolute atomic E-state index is 13.0.